The van der Waals surface area contributed by atoms with Crippen LogP contribution < -0.4 is 0 Å². The molecule has 1 amide bonds. The van der Waals surface area contributed by atoms with Gasteiger partial charge in [0.05, 0.1) is 0 Å². The lowest BCUT2D eigenvalue weighted by Gasteiger charge is -2.37. The minimum absolute atomic E-state index is 0.0647. The molecule has 22 heavy (non-hydrogen) atoms. The highest BCUT2D eigenvalue weighted by atomic mass is 16.5. The molecule has 2 aliphatic heterocycles. The minimum atomic E-state index is -0.980. The van der Waals surface area contributed by atoms with Crippen LogP contribution in [0.5, 0.6) is 0 Å². The van der Waals surface area contributed by atoms with E-state index in [0.717, 1.165) is 12.8 Å². The van der Waals surface area contributed by atoms with E-state index in [-0.39, 0.29) is 11.9 Å². The van der Waals surface area contributed by atoms with Gasteiger partial charge in [0.15, 0.2) is 6.10 Å². The number of carbonyl (C=O) groups is 2. The number of nitrogens with zero attached hydrogens (tertiary/aromatic N) is 1. The molecule has 1 saturated heterocycles. The van der Waals surface area contributed by atoms with Crippen molar-refractivity contribution in [2.24, 2.45) is 0 Å². The molecule has 0 saturated carbocycles. The number of benzene rings is 1. The number of ether oxygens (including phenoxy) is 1. The van der Waals surface area contributed by atoms with Gasteiger partial charge in [-0.3, -0.25) is 4.79 Å². The third-order valence-corrected chi connectivity index (χ3v) is 4.68. The largest absolute Gasteiger partial charge is 0.479 e. The molecule has 1 aromatic rings. The van der Waals surface area contributed by atoms with Gasteiger partial charge in [-0.25, -0.2) is 4.79 Å². The van der Waals surface area contributed by atoms with Gasteiger partial charge < -0.3 is 14.7 Å². The van der Waals surface area contributed by atoms with Gasteiger partial charge in [0.2, 0.25) is 0 Å². The second-order valence-electron chi connectivity index (χ2n) is 6.03. The molecular weight excluding hydrogens is 282 g/mol. The van der Waals surface area contributed by atoms with Crippen LogP contribution in [0, 0.1) is 0 Å². The van der Waals surface area contributed by atoms with E-state index in [4.69, 9.17) is 9.84 Å². The summed E-state index contributed by atoms with van der Waals surface area (Å²) in [5.41, 5.74) is 2.47. The van der Waals surface area contributed by atoms with Crippen LogP contribution in [-0.2, 0) is 27.3 Å². The molecule has 0 radical (unpaired) electrons. The summed E-state index contributed by atoms with van der Waals surface area (Å²) in [7, 11) is 0. The van der Waals surface area contributed by atoms with E-state index in [1.165, 1.54) is 11.1 Å². The van der Waals surface area contributed by atoms with Gasteiger partial charge in [0.1, 0.15) is 6.10 Å². The number of hydrogen-bond acceptors (Lipinski definition) is 3. The van der Waals surface area contributed by atoms with Crippen LogP contribution in [-0.4, -0.2) is 40.1 Å². The van der Waals surface area contributed by atoms with Crippen LogP contribution in [0.3, 0.4) is 0 Å². The number of fused-ring (bicyclic) bond motifs is 1. The van der Waals surface area contributed by atoms with Crippen LogP contribution in [0.2, 0.25) is 0 Å². The first kappa shape index (κ1) is 15.0. The summed E-state index contributed by atoms with van der Waals surface area (Å²) in [6.45, 7) is 2.67. The third kappa shape index (κ3) is 2.73. The van der Waals surface area contributed by atoms with E-state index in [1.54, 1.807) is 0 Å². The Morgan fingerprint density at radius 1 is 1.23 bits per heavy atom. The zero-order valence-corrected chi connectivity index (χ0v) is 12.7. The molecule has 0 spiro atoms. The highest BCUT2D eigenvalue weighted by molar-refractivity contribution is 5.83. The first-order chi connectivity index (χ1) is 10.6. The van der Waals surface area contributed by atoms with Gasteiger partial charge >= 0.3 is 5.97 Å². The van der Waals surface area contributed by atoms with E-state index in [1.807, 2.05) is 17.0 Å². The van der Waals surface area contributed by atoms with Crippen molar-refractivity contribution >= 4 is 11.9 Å². The van der Waals surface area contributed by atoms with Crippen molar-refractivity contribution in [3.8, 4) is 0 Å². The third-order valence-electron chi connectivity index (χ3n) is 4.68. The van der Waals surface area contributed by atoms with Gasteiger partial charge in [-0.2, -0.15) is 0 Å². The maximum atomic E-state index is 12.8. The maximum absolute atomic E-state index is 12.8. The van der Waals surface area contributed by atoms with E-state index >= 15 is 0 Å². The molecule has 5 nitrogen and oxygen atoms in total. The fraction of sp³-hybridized carbons (Fsp3) is 0.529. The van der Waals surface area contributed by atoms with E-state index in [0.29, 0.717) is 19.4 Å². The van der Waals surface area contributed by atoms with Crippen molar-refractivity contribution in [2.45, 2.75) is 57.4 Å². The van der Waals surface area contributed by atoms with Crippen molar-refractivity contribution in [1.29, 1.82) is 0 Å². The second kappa shape index (κ2) is 6.08. The fourth-order valence-electron chi connectivity index (χ4n) is 3.40. The lowest BCUT2D eigenvalue weighted by molar-refractivity contribution is -0.156. The predicted octanol–water partition coefficient (Wildman–Crippen LogP) is 1.98. The van der Waals surface area contributed by atoms with Crippen LogP contribution in [0.15, 0.2) is 24.3 Å². The van der Waals surface area contributed by atoms with Gasteiger partial charge in [0, 0.05) is 12.6 Å². The van der Waals surface area contributed by atoms with Crippen LogP contribution in [0.1, 0.15) is 37.3 Å². The predicted molar refractivity (Wildman–Crippen MR) is 80.3 cm³/mol. The van der Waals surface area contributed by atoms with Gasteiger partial charge in [0.25, 0.3) is 5.91 Å². The van der Waals surface area contributed by atoms with Crippen LogP contribution in [0.25, 0.3) is 0 Å². The first-order valence-electron chi connectivity index (χ1n) is 7.85. The highest BCUT2D eigenvalue weighted by Gasteiger charge is 2.39. The Morgan fingerprint density at radius 2 is 1.91 bits per heavy atom. The number of rotatable bonds is 3. The molecule has 2 heterocycles. The maximum Gasteiger partial charge on any atom is 0.332 e. The Hall–Kier alpha value is -1.88. The molecule has 0 aromatic heterocycles. The fourth-order valence-corrected chi connectivity index (χ4v) is 3.40. The molecular formula is C17H21NO4. The molecule has 0 aliphatic carbocycles. The standard InChI is InChI=1S/C17H21NO4/c1-2-13-9-11-5-3-4-6-12(11)10-18(13)16(19)14-7-8-15(22-14)17(20)21/h3-6,13-15H,2,7-10H2,1H3,(H,20,21)/t13?,14-,15+/m0/s1. The number of amides is 1. The van der Waals surface area contributed by atoms with Gasteiger partial charge in [-0.15, -0.1) is 0 Å². The highest BCUT2D eigenvalue weighted by Crippen LogP contribution is 2.29. The molecule has 2 aliphatic rings. The summed E-state index contributed by atoms with van der Waals surface area (Å²) in [5, 5.41) is 9.00. The SMILES string of the molecule is CCC1Cc2ccccc2CN1C(=O)[C@@H]1CC[C@H](C(=O)O)O1. The molecule has 118 valence electrons. The average Bonchev–Trinajstić information content (AvgIpc) is 3.03. The van der Waals surface area contributed by atoms with Crippen LogP contribution in [0.4, 0.5) is 0 Å². The van der Waals surface area contributed by atoms with Crippen LogP contribution >= 0.6 is 0 Å². The number of carboxylic acid groups (broad SMARTS) is 1. The van der Waals surface area contributed by atoms with Crippen molar-refractivity contribution in [3.05, 3.63) is 35.4 Å². The zero-order valence-electron chi connectivity index (χ0n) is 12.7. The first-order valence-corrected chi connectivity index (χ1v) is 7.85. The topological polar surface area (TPSA) is 66.8 Å². The summed E-state index contributed by atoms with van der Waals surface area (Å²) in [6, 6.07) is 8.35. The Labute approximate surface area is 129 Å². The Bertz CT molecular complexity index is 586. The zero-order chi connectivity index (χ0) is 15.7. The summed E-state index contributed by atoms with van der Waals surface area (Å²) in [4.78, 5) is 25.6. The molecule has 5 heteroatoms. The van der Waals surface area contributed by atoms with Gasteiger partial charge in [-0.05, 0) is 36.8 Å². The summed E-state index contributed by atoms with van der Waals surface area (Å²) in [6.07, 6.45) is 1.19. The molecule has 1 unspecified atom stereocenters. The molecule has 3 atom stereocenters. The number of aliphatic carboxylic acids is 1. The minimum Gasteiger partial charge on any atom is -0.479 e. The Kier molecular flexibility index (Phi) is 4.16. The molecule has 1 aromatic carbocycles. The van der Waals surface area contributed by atoms with E-state index < -0.39 is 18.2 Å². The second-order valence-corrected chi connectivity index (χ2v) is 6.03. The van der Waals surface area contributed by atoms with Crippen molar-refractivity contribution in [2.75, 3.05) is 0 Å². The summed E-state index contributed by atoms with van der Waals surface area (Å²) in [5.74, 6) is -1.04. The Balaban J connectivity index is 1.76. The van der Waals surface area contributed by atoms with Crippen molar-refractivity contribution in [3.63, 3.8) is 0 Å². The van der Waals surface area contributed by atoms with Crippen molar-refractivity contribution < 1.29 is 19.4 Å². The monoisotopic (exact) mass is 303 g/mol. The number of hydrogen-bond donors (Lipinski definition) is 1. The molecule has 1 N–H and O–H groups in total. The molecule has 1 fully saturated rings. The summed E-state index contributed by atoms with van der Waals surface area (Å²) < 4.78 is 5.43. The van der Waals surface area contributed by atoms with E-state index in [9.17, 15) is 9.59 Å². The lowest BCUT2D eigenvalue weighted by Crippen LogP contribution is -2.48. The number of carbonyl (C=O) groups excluding carboxylic acids is 1. The number of carboxylic acids is 1. The quantitative estimate of drug-likeness (QED) is 0.927. The smallest absolute Gasteiger partial charge is 0.332 e. The van der Waals surface area contributed by atoms with Crippen molar-refractivity contribution in [1.82, 2.24) is 4.90 Å². The lowest BCUT2D eigenvalue weighted by atomic mass is 9.92. The molecule has 0 bridgehead atoms. The Morgan fingerprint density at radius 3 is 2.55 bits per heavy atom. The van der Waals surface area contributed by atoms with E-state index in [2.05, 4.69) is 19.1 Å². The molecule has 3 rings (SSSR count). The summed E-state index contributed by atoms with van der Waals surface area (Å²) >= 11 is 0. The normalized spacial score (nSPS) is 27.5. The average molecular weight is 303 g/mol. The van der Waals surface area contributed by atoms with Gasteiger partial charge in [-0.1, -0.05) is 31.2 Å².